The third kappa shape index (κ3) is 2.06. The van der Waals surface area contributed by atoms with Crippen molar-refractivity contribution in [3.8, 4) is 6.07 Å². The van der Waals surface area contributed by atoms with Crippen molar-refractivity contribution in [2.24, 2.45) is 0 Å². The van der Waals surface area contributed by atoms with Gasteiger partial charge in [-0.05, 0) is 25.5 Å². The molecular weight excluding hydrogens is 208 g/mol. The minimum absolute atomic E-state index is 0.0606. The fraction of sp³-hybridized carbons (Fsp3) is 0.273. The number of nitriles is 1. The van der Waals surface area contributed by atoms with Gasteiger partial charge in [-0.3, -0.25) is 14.9 Å². The van der Waals surface area contributed by atoms with Crippen LogP contribution in [0.5, 0.6) is 0 Å². The molecule has 0 saturated heterocycles. The predicted molar refractivity (Wildman–Crippen MR) is 57.2 cm³/mol. The van der Waals surface area contributed by atoms with Gasteiger partial charge >= 0.3 is 0 Å². The van der Waals surface area contributed by atoms with E-state index in [2.05, 4.69) is 0 Å². The maximum Gasteiger partial charge on any atom is 0.290 e. The summed E-state index contributed by atoms with van der Waals surface area (Å²) in [6.07, 6.45) is 0.409. The van der Waals surface area contributed by atoms with E-state index in [0.29, 0.717) is 17.5 Å². The SMILES string of the molecule is CCc1cc(C(C)=O)cc(C#N)c1[N+](=O)[O-]. The summed E-state index contributed by atoms with van der Waals surface area (Å²) >= 11 is 0. The Morgan fingerprint density at radius 3 is 2.56 bits per heavy atom. The van der Waals surface area contributed by atoms with Crippen molar-refractivity contribution in [1.29, 1.82) is 5.26 Å². The smallest absolute Gasteiger partial charge is 0.290 e. The van der Waals surface area contributed by atoms with E-state index in [0.717, 1.165) is 0 Å². The monoisotopic (exact) mass is 218 g/mol. The molecule has 5 nitrogen and oxygen atoms in total. The maximum absolute atomic E-state index is 11.2. The van der Waals surface area contributed by atoms with Gasteiger partial charge in [0, 0.05) is 11.1 Å². The summed E-state index contributed by atoms with van der Waals surface area (Å²) in [5.74, 6) is -0.207. The minimum atomic E-state index is -0.582. The molecule has 1 aromatic carbocycles. The van der Waals surface area contributed by atoms with E-state index in [4.69, 9.17) is 5.26 Å². The summed E-state index contributed by atoms with van der Waals surface area (Å²) in [5.41, 5.74) is 0.484. The molecule has 0 bridgehead atoms. The number of ketones is 1. The van der Waals surface area contributed by atoms with Gasteiger partial charge in [0.2, 0.25) is 0 Å². The number of Topliss-reactive ketones (excluding diaryl/α,β-unsaturated/α-hetero) is 1. The van der Waals surface area contributed by atoms with Crippen molar-refractivity contribution < 1.29 is 9.72 Å². The molecule has 0 N–H and O–H groups in total. The van der Waals surface area contributed by atoms with Crippen molar-refractivity contribution >= 4 is 11.5 Å². The van der Waals surface area contributed by atoms with Gasteiger partial charge in [-0.2, -0.15) is 5.26 Å². The molecule has 82 valence electrons. The molecule has 16 heavy (non-hydrogen) atoms. The van der Waals surface area contributed by atoms with Crippen LogP contribution in [0, 0.1) is 21.4 Å². The highest BCUT2D eigenvalue weighted by Gasteiger charge is 2.20. The summed E-state index contributed by atoms with van der Waals surface area (Å²) in [4.78, 5) is 21.4. The molecule has 0 aromatic heterocycles. The molecule has 0 atom stereocenters. The number of hydrogen-bond donors (Lipinski definition) is 0. The van der Waals surface area contributed by atoms with Gasteiger partial charge in [-0.15, -0.1) is 0 Å². The van der Waals surface area contributed by atoms with Crippen LogP contribution in [-0.2, 0) is 6.42 Å². The normalized spacial score (nSPS) is 9.56. The largest absolute Gasteiger partial charge is 0.295 e. The molecule has 0 spiro atoms. The van der Waals surface area contributed by atoms with Crippen molar-refractivity contribution in [2.45, 2.75) is 20.3 Å². The van der Waals surface area contributed by atoms with Crippen LogP contribution in [-0.4, -0.2) is 10.7 Å². The Labute approximate surface area is 92.5 Å². The van der Waals surface area contributed by atoms with Crippen LogP contribution < -0.4 is 0 Å². The molecule has 0 aliphatic carbocycles. The quantitative estimate of drug-likeness (QED) is 0.442. The van der Waals surface area contributed by atoms with Gasteiger partial charge in [-0.1, -0.05) is 6.92 Å². The number of carbonyl (C=O) groups excluding carboxylic acids is 1. The first kappa shape index (κ1) is 11.9. The lowest BCUT2D eigenvalue weighted by Gasteiger charge is -2.04. The van der Waals surface area contributed by atoms with Crippen molar-refractivity contribution in [3.05, 3.63) is 38.9 Å². The Hall–Kier alpha value is -2.22. The highest BCUT2D eigenvalue weighted by atomic mass is 16.6. The van der Waals surface area contributed by atoms with Crippen molar-refractivity contribution in [2.75, 3.05) is 0 Å². The average molecular weight is 218 g/mol. The van der Waals surface area contributed by atoms with Gasteiger partial charge in [0.25, 0.3) is 5.69 Å². The highest BCUT2D eigenvalue weighted by molar-refractivity contribution is 5.95. The molecule has 5 heteroatoms. The van der Waals surface area contributed by atoms with E-state index < -0.39 is 4.92 Å². The molecule has 0 fully saturated rings. The predicted octanol–water partition coefficient (Wildman–Crippen LogP) is 2.23. The lowest BCUT2D eigenvalue weighted by molar-refractivity contribution is -0.385. The van der Waals surface area contributed by atoms with Crippen LogP contribution in [0.4, 0.5) is 5.69 Å². The number of nitro groups is 1. The molecule has 0 heterocycles. The molecule has 0 aliphatic heterocycles. The molecule has 1 rings (SSSR count). The number of aryl methyl sites for hydroxylation is 1. The standard InChI is InChI=1S/C11H10N2O3/c1-3-8-4-9(7(2)14)5-10(6-12)11(8)13(15)16/h4-5H,3H2,1-2H3. The van der Waals surface area contributed by atoms with Crippen LogP contribution in [0.15, 0.2) is 12.1 Å². The zero-order valence-electron chi connectivity index (χ0n) is 8.98. The molecule has 0 saturated carbocycles. The molecule has 0 aliphatic rings. The fourth-order valence-electron chi connectivity index (χ4n) is 1.47. The number of hydrogen-bond acceptors (Lipinski definition) is 4. The van der Waals surface area contributed by atoms with E-state index in [1.807, 2.05) is 0 Å². The lowest BCUT2D eigenvalue weighted by atomic mass is 10.00. The van der Waals surface area contributed by atoms with Gasteiger partial charge in [-0.25, -0.2) is 0 Å². The highest BCUT2D eigenvalue weighted by Crippen LogP contribution is 2.26. The zero-order valence-corrected chi connectivity index (χ0v) is 8.98. The number of benzene rings is 1. The topological polar surface area (TPSA) is 84.0 Å². The van der Waals surface area contributed by atoms with E-state index >= 15 is 0 Å². The van der Waals surface area contributed by atoms with Crippen LogP contribution in [0.25, 0.3) is 0 Å². The van der Waals surface area contributed by atoms with E-state index in [1.165, 1.54) is 19.1 Å². The molecular formula is C11H10N2O3. The first-order chi connectivity index (χ1) is 7.51. The second kappa shape index (κ2) is 4.53. The molecule has 0 radical (unpaired) electrons. The Morgan fingerprint density at radius 2 is 2.19 bits per heavy atom. The first-order valence-corrected chi connectivity index (χ1v) is 4.73. The summed E-state index contributed by atoms with van der Waals surface area (Å²) in [5, 5.41) is 19.6. The average Bonchev–Trinajstić information content (AvgIpc) is 2.26. The lowest BCUT2D eigenvalue weighted by Crippen LogP contribution is -2.02. The zero-order chi connectivity index (χ0) is 12.3. The van der Waals surface area contributed by atoms with Crippen LogP contribution in [0.3, 0.4) is 0 Å². The Kier molecular flexibility index (Phi) is 3.36. The van der Waals surface area contributed by atoms with E-state index in [-0.39, 0.29) is 17.0 Å². The minimum Gasteiger partial charge on any atom is -0.295 e. The second-order valence-electron chi connectivity index (χ2n) is 3.31. The fourth-order valence-corrected chi connectivity index (χ4v) is 1.47. The van der Waals surface area contributed by atoms with Gasteiger partial charge in [0.1, 0.15) is 11.6 Å². The Balaban J connectivity index is 3.57. The second-order valence-corrected chi connectivity index (χ2v) is 3.31. The number of carbonyl (C=O) groups is 1. The third-order valence-electron chi connectivity index (χ3n) is 2.28. The molecule has 1 aromatic rings. The Bertz CT molecular complexity index is 501. The summed E-state index contributed by atoms with van der Waals surface area (Å²) in [7, 11) is 0. The van der Waals surface area contributed by atoms with Gasteiger partial charge < -0.3 is 0 Å². The van der Waals surface area contributed by atoms with Gasteiger partial charge in [0.15, 0.2) is 5.78 Å². The third-order valence-corrected chi connectivity index (χ3v) is 2.28. The maximum atomic E-state index is 11.2. The summed E-state index contributed by atoms with van der Waals surface area (Å²) < 4.78 is 0. The Morgan fingerprint density at radius 1 is 1.56 bits per heavy atom. The van der Waals surface area contributed by atoms with Crippen molar-refractivity contribution in [3.63, 3.8) is 0 Å². The summed E-state index contributed by atoms with van der Waals surface area (Å²) in [6.45, 7) is 3.11. The number of nitrogens with zero attached hydrogens (tertiary/aromatic N) is 2. The number of rotatable bonds is 3. The van der Waals surface area contributed by atoms with Crippen LogP contribution >= 0.6 is 0 Å². The van der Waals surface area contributed by atoms with Gasteiger partial charge in [0.05, 0.1) is 4.92 Å². The van der Waals surface area contributed by atoms with Crippen molar-refractivity contribution in [1.82, 2.24) is 0 Å². The molecule has 0 unspecified atom stereocenters. The van der Waals surface area contributed by atoms with Crippen LogP contribution in [0.2, 0.25) is 0 Å². The van der Waals surface area contributed by atoms with E-state index in [9.17, 15) is 14.9 Å². The first-order valence-electron chi connectivity index (χ1n) is 4.73. The molecule has 0 amide bonds. The summed E-state index contributed by atoms with van der Waals surface area (Å²) in [6, 6.07) is 4.49. The van der Waals surface area contributed by atoms with Crippen LogP contribution in [0.1, 0.15) is 35.3 Å². The number of nitro benzene ring substituents is 1. The van der Waals surface area contributed by atoms with E-state index in [1.54, 1.807) is 13.0 Å².